The molecule has 0 bridgehead atoms. The molecule has 0 spiro atoms. The first-order chi connectivity index (χ1) is 12.0. The van der Waals surface area contributed by atoms with Crippen LogP contribution in [0.1, 0.15) is 35.6 Å². The lowest BCUT2D eigenvalue weighted by Gasteiger charge is -2.34. The van der Waals surface area contributed by atoms with Crippen molar-refractivity contribution in [3.05, 3.63) is 63.6 Å². The minimum Gasteiger partial charge on any atom is -0.483 e. The number of carbonyl (C=O) groups excluding carboxylic acids is 1. The average molecular weight is 361 g/mol. The molecule has 0 radical (unpaired) electrons. The summed E-state index contributed by atoms with van der Waals surface area (Å²) in [5.41, 5.74) is 1.58. The van der Waals surface area contributed by atoms with E-state index in [9.17, 15) is 9.59 Å². The quantitative estimate of drug-likeness (QED) is 0.770. The maximum Gasteiger partial charge on any atom is 0.274 e. The van der Waals surface area contributed by atoms with E-state index in [1.165, 1.54) is 6.07 Å². The number of alkyl halides is 1. The van der Waals surface area contributed by atoms with Crippen molar-refractivity contribution in [3.8, 4) is 5.75 Å². The van der Waals surface area contributed by atoms with Gasteiger partial charge in [-0.1, -0.05) is 30.3 Å². The molecular formula is C19H21ClN2O3. The summed E-state index contributed by atoms with van der Waals surface area (Å²) >= 11 is 5.98. The summed E-state index contributed by atoms with van der Waals surface area (Å²) < 4.78 is 7.61. The third kappa shape index (κ3) is 3.42. The molecule has 1 aliphatic heterocycles. The second-order valence-corrected chi connectivity index (χ2v) is 6.60. The molecule has 2 heterocycles. The van der Waals surface area contributed by atoms with Crippen molar-refractivity contribution in [2.24, 2.45) is 0 Å². The van der Waals surface area contributed by atoms with Crippen molar-refractivity contribution in [2.45, 2.75) is 38.9 Å². The summed E-state index contributed by atoms with van der Waals surface area (Å²) in [6.07, 6.45) is 0. The van der Waals surface area contributed by atoms with Crippen LogP contribution >= 0.6 is 11.6 Å². The highest BCUT2D eigenvalue weighted by molar-refractivity contribution is 6.17. The summed E-state index contributed by atoms with van der Waals surface area (Å²) in [6.45, 7) is 5.35. The molecule has 1 aromatic heterocycles. The van der Waals surface area contributed by atoms with Gasteiger partial charge in [-0.15, -0.1) is 11.6 Å². The molecule has 6 heteroatoms. The van der Waals surface area contributed by atoms with E-state index in [4.69, 9.17) is 16.3 Å². The minimum absolute atomic E-state index is 0.0537. The molecule has 0 saturated carbocycles. The molecule has 3 rings (SSSR count). The second-order valence-electron chi connectivity index (χ2n) is 6.33. The number of halogens is 1. The Bertz CT molecular complexity index is 831. The first-order valence-electron chi connectivity index (χ1n) is 8.33. The predicted molar refractivity (Wildman–Crippen MR) is 97.2 cm³/mol. The molecule has 1 aromatic carbocycles. The number of hydrogen-bond donors (Lipinski definition) is 0. The lowest BCUT2D eigenvalue weighted by Crippen LogP contribution is -2.46. The van der Waals surface area contributed by atoms with Gasteiger partial charge in [0, 0.05) is 30.9 Å². The van der Waals surface area contributed by atoms with E-state index in [1.807, 2.05) is 48.7 Å². The van der Waals surface area contributed by atoms with Crippen LogP contribution < -0.4 is 10.2 Å². The van der Waals surface area contributed by atoms with Gasteiger partial charge in [-0.05, 0) is 19.4 Å². The van der Waals surface area contributed by atoms with Crippen LogP contribution in [0.3, 0.4) is 0 Å². The van der Waals surface area contributed by atoms with Crippen LogP contribution in [0.25, 0.3) is 0 Å². The fourth-order valence-electron chi connectivity index (χ4n) is 3.06. The third-order valence-electron chi connectivity index (χ3n) is 4.37. The fourth-order valence-corrected chi connectivity index (χ4v) is 3.29. The summed E-state index contributed by atoms with van der Waals surface area (Å²) in [6, 6.07) is 11.1. The molecule has 2 aromatic rings. The van der Waals surface area contributed by atoms with Gasteiger partial charge >= 0.3 is 0 Å². The number of amides is 1. The van der Waals surface area contributed by atoms with E-state index in [1.54, 1.807) is 4.90 Å². The van der Waals surface area contributed by atoms with Crippen molar-refractivity contribution in [3.63, 3.8) is 0 Å². The number of hydrogen-bond acceptors (Lipinski definition) is 3. The van der Waals surface area contributed by atoms with Crippen LogP contribution in [-0.4, -0.2) is 28.0 Å². The van der Waals surface area contributed by atoms with E-state index in [0.29, 0.717) is 24.5 Å². The number of rotatable bonds is 5. The Hall–Kier alpha value is -2.27. The van der Waals surface area contributed by atoms with Crippen LogP contribution in [0.2, 0.25) is 0 Å². The Morgan fingerprint density at radius 1 is 1.16 bits per heavy atom. The Kier molecular flexibility index (Phi) is 5.13. The maximum atomic E-state index is 13.0. The predicted octanol–water partition coefficient (Wildman–Crippen LogP) is 3.03. The molecule has 25 heavy (non-hydrogen) atoms. The summed E-state index contributed by atoms with van der Waals surface area (Å²) in [7, 11) is 0. The summed E-state index contributed by atoms with van der Waals surface area (Å²) in [5, 5.41) is 0. The Balaban J connectivity index is 2.03. The monoisotopic (exact) mass is 360 g/mol. The zero-order chi connectivity index (χ0) is 18.0. The van der Waals surface area contributed by atoms with Crippen molar-refractivity contribution < 1.29 is 9.53 Å². The number of benzene rings is 1. The number of ether oxygens (including phenoxy) is 1. The summed E-state index contributed by atoms with van der Waals surface area (Å²) in [4.78, 5) is 27.3. The van der Waals surface area contributed by atoms with Gasteiger partial charge in [-0.2, -0.15) is 0 Å². The van der Waals surface area contributed by atoms with Gasteiger partial charge in [0.25, 0.3) is 5.91 Å². The van der Waals surface area contributed by atoms with Crippen LogP contribution in [-0.2, 0) is 19.0 Å². The lowest BCUT2D eigenvalue weighted by molar-refractivity contribution is 0.0637. The number of aromatic nitrogens is 1. The van der Waals surface area contributed by atoms with Crippen LogP contribution in [0.5, 0.6) is 5.75 Å². The van der Waals surface area contributed by atoms with Crippen LogP contribution in [0.4, 0.5) is 0 Å². The van der Waals surface area contributed by atoms with Gasteiger partial charge in [-0.3, -0.25) is 9.59 Å². The normalized spacial score (nSPS) is 13.9. The molecule has 0 unspecified atom stereocenters. The molecule has 0 atom stereocenters. The zero-order valence-corrected chi connectivity index (χ0v) is 15.1. The number of pyridine rings is 1. The van der Waals surface area contributed by atoms with Gasteiger partial charge in [0.1, 0.15) is 6.61 Å². The van der Waals surface area contributed by atoms with Gasteiger partial charge in [0.15, 0.2) is 11.4 Å². The van der Waals surface area contributed by atoms with Gasteiger partial charge < -0.3 is 14.2 Å². The molecule has 0 aliphatic carbocycles. The Morgan fingerprint density at radius 3 is 2.52 bits per heavy atom. The standard InChI is InChI=1S/C19H21ClN2O3/c1-13(2)21-8-9-22-15(11-20)10-16(23)18(17(22)19(21)24)25-12-14-6-4-3-5-7-14/h3-7,10,13H,8-9,11-12H2,1-2H3. The van der Waals surface area contributed by atoms with Gasteiger partial charge in [0.05, 0.1) is 5.88 Å². The Labute approximate surface area is 151 Å². The Morgan fingerprint density at radius 2 is 1.88 bits per heavy atom. The topological polar surface area (TPSA) is 51.5 Å². The number of fused-ring (bicyclic) bond motifs is 1. The van der Waals surface area contributed by atoms with Gasteiger partial charge in [0.2, 0.25) is 5.43 Å². The molecule has 5 nitrogen and oxygen atoms in total. The minimum atomic E-state index is -0.309. The molecule has 132 valence electrons. The smallest absolute Gasteiger partial charge is 0.274 e. The van der Waals surface area contributed by atoms with Crippen molar-refractivity contribution in [2.75, 3.05) is 6.54 Å². The molecular weight excluding hydrogens is 340 g/mol. The molecule has 0 N–H and O–H groups in total. The first-order valence-corrected chi connectivity index (χ1v) is 8.86. The number of carbonyl (C=O) groups is 1. The van der Waals surface area contributed by atoms with Crippen LogP contribution in [0.15, 0.2) is 41.2 Å². The lowest BCUT2D eigenvalue weighted by atomic mass is 10.1. The average Bonchev–Trinajstić information content (AvgIpc) is 2.61. The van der Waals surface area contributed by atoms with E-state index in [0.717, 1.165) is 5.56 Å². The van der Waals surface area contributed by atoms with Gasteiger partial charge in [-0.25, -0.2) is 0 Å². The molecule has 0 saturated heterocycles. The van der Waals surface area contributed by atoms with E-state index in [-0.39, 0.29) is 35.6 Å². The third-order valence-corrected chi connectivity index (χ3v) is 4.64. The van der Waals surface area contributed by atoms with E-state index >= 15 is 0 Å². The molecule has 0 fully saturated rings. The van der Waals surface area contributed by atoms with E-state index < -0.39 is 0 Å². The highest BCUT2D eigenvalue weighted by Gasteiger charge is 2.32. The second kappa shape index (κ2) is 7.31. The highest BCUT2D eigenvalue weighted by atomic mass is 35.5. The van der Waals surface area contributed by atoms with Crippen molar-refractivity contribution >= 4 is 17.5 Å². The number of nitrogens with zero attached hydrogens (tertiary/aromatic N) is 2. The highest BCUT2D eigenvalue weighted by Crippen LogP contribution is 2.25. The SMILES string of the molecule is CC(C)N1CCn2c(CCl)cc(=O)c(OCc3ccccc3)c2C1=O. The largest absolute Gasteiger partial charge is 0.483 e. The molecule has 1 amide bonds. The summed E-state index contributed by atoms with van der Waals surface area (Å²) in [5.74, 6) is 0.0948. The molecule has 1 aliphatic rings. The van der Waals surface area contributed by atoms with Crippen molar-refractivity contribution in [1.29, 1.82) is 0 Å². The van der Waals surface area contributed by atoms with Crippen molar-refractivity contribution in [1.82, 2.24) is 9.47 Å². The zero-order valence-electron chi connectivity index (χ0n) is 14.4. The van der Waals surface area contributed by atoms with E-state index in [2.05, 4.69) is 0 Å². The fraction of sp³-hybridized carbons (Fsp3) is 0.368. The van der Waals surface area contributed by atoms with Crippen LogP contribution in [0, 0.1) is 0 Å². The maximum absolute atomic E-state index is 13.0. The first kappa shape index (κ1) is 17.5.